The molecule has 0 heterocycles. The van der Waals surface area contributed by atoms with E-state index in [1.54, 1.807) is 27.7 Å². The average Bonchev–Trinajstić information content (AvgIpc) is 2.62. The van der Waals surface area contributed by atoms with Crippen LogP contribution in [0.25, 0.3) is 16.7 Å². The molecule has 1 aliphatic carbocycles. The molecule has 0 atom stereocenters. The Labute approximate surface area is 164 Å². The first kappa shape index (κ1) is 19.4. The van der Waals surface area contributed by atoms with Gasteiger partial charge in [-0.25, -0.2) is 0 Å². The number of allylic oxidation sites excluding steroid dienone is 2. The Bertz CT molecular complexity index is 979. The maximum Gasteiger partial charge on any atom is 0.179 e. The molecule has 1 N–H and O–H groups in total. The molecule has 3 nitrogen and oxygen atoms in total. The maximum atomic E-state index is 13.1. The molecule has 0 saturated heterocycles. The Morgan fingerprint density at radius 2 is 1.41 bits per heavy atom. The lowest BCUT2D eigenvalue weighted by molar-refractivity contribution is -0.143. The van der Waals surface area contributed by atoms with Crippen LogP contribution in [-0.4, -0.2) is 16.7 Å². The van der Waals surface area contributed by atoms with Crippen LogP contribution in [0.5, 0.6) is 0 Å². The van der Waals surface area contributed by atoms with Gasteiger partial charge in [0.2, 0.25) is 0 Å². The number of carbonyl (C=O) groups is 2. The monoisotopic (exact) mass is 382 g/mol. The lowest BCUT2D eigenvalue weighted by Gasteiger charge is -2.38. The van der Waals surface area contributed by atoms with Crippen LogP contribution in [0, 0.1) is 17.8 Å². The number of rotatable bonds is 2. The van der Waals surface area contributed by atoms with E-state index in [9.17, 15) is 14.7 Å². The molecule has 0 spiro atoms. The van der Waals surface area contributed by atoms with E-state index in [0.717, 1.165) is 16.7 Å². The van der Waals surface area contributed by atoms with E-state index < -0.39 is 10.8 Å². The predicted molar refractivity (Wildman–Crippen MR) is 109 cm³/mol. The molecule has 3 rings (SSSR count). The number of aliphatic hydroxyl groups is 1. The van der Waals surface area contributed by atoms with E-state index in [-0.39, 0.29) is 22.9 Å². The second-order valence-electron chi connectivity index (χ2n) is 8.17. The SMILES string of the molecule is Cc1ccc(-c2ccc(Cl)cc2)cc1C1=C(O)C(C)(C)C(=O)C(C)(C)C1=O. The topological polar surface area (TPSA) is 54.4 Å². The predicted octanol–water partition coefficient (Wildman–Crippen LogP) is 5.79. The van der Waals surface area contributed by atoms with E-state index >= 15 is 0 Å². The van der Waals surface area contributed by atoms with Crippen LogP contribution in [0.15, 0.2) is 48.2 Å². The normalized spacial score (nSPS) is 18.7. The molecule has 0 radical (unpaired) electrons. The van der Waals surface area contributed by atoms with Gasteiger partial charge in [-0.15, -0.1) is 0 Å². The molecular formula is C23H23ClO3. The molecule has 2 aromatic carbocycles. The maximum absolute atomic E-state index is 13.1. The van der Waals surface area contributed by atoms with Gasteiger partial charge < -0.3 is 5.11 Å². The van der Waals surface area contributed by atoms with Gasteiger partial charge in [0.15, 0.2) is 11.6 Å². The Balaban J connectivity index is 2.25. The molecule has 0 bridgehead atoms. The number of Topliss-reactive ketones (excluding diaryl/α,β-unsaturated/α-hetero) is 2. The highest BCUT2D eigenvalue weighted by Crippen LogP contribution is 2.47. The summed E-state index contributed by atoms with van der Waals surface area (Å²) in [5.41, 5.74) is 1.31. The first-order valence-electron chi connectivity index (χ1n) is 8.88. The van der Waals surface area contributed by atoms with Crippen molar-refractivity contribution in [2.75, 3.05) is 0 Å². The van der Waals surface area contributed by atoms with Gasteiger partial charge >= 0.3 is 0 Å². The lowest BCUT2D eigenvalue weighted by atomic mass is 9.62. The highest BCUT2D eigenvalue weighted by molar-refractivity contribution is 6.34. The number of benzene rings is 2. The van der Waals surface area contributed by atoms with Crippen LogP contribution in [0.2, 0.25) is 5.02 Å². The van der Waals surface area contributed by atoms with Crippen molar-refractivity contribution < 1.29 is 14.7 Å². The number of aliphatic hydroxyl groups excluding tert-OH is 1. The Morgan fingerprint density at radius 1 is 0.852 bits per heavy atom. The van der Waals surface area contributed by atoms with E-state index in [1.807, 2.05) is 49.4 Å². The zero-order valence-corrected chi connectivity index (χ0v) is 16.9. The summed E-state index contributed by atoms with van der Waals surface area (Å²) in [5.74, 6) is -0.776. The third kappa shape index (κ3) is 3.00. The van der Waals surface area contributed by atoms with Crippen LogP contribution in [0.1, 0.15) is 38.8 Å². The minimum atomic E-state index is -1.19. The van der Waals surface area contributed by atoms with Crippen molar-refractivity contribution in [3.63, 3.8) is 0 Å². The number of aryl methyl sites for hydroxylation is 1. The Morgan fingerprint density at radius 3 is 2.00 bits per heavy atom. The number of hydrogen-bond donors (Lipinski definition) is 1. The van der Waals surface area contributed by atoms with Gasteiger partial charge in [-0.3, -0.25) is 9.59 Å². The average molecular weight is 383 g/mol. The smallest absolute Gasteiger partial charge is 0.179 e. The fourth-order valence-corrected chi connectivity index (χ4v) is 3.81. The number of hydrogen-bond acceptors (Lipinski definition) is 3. The van der Waals surface area contributed by atoms with Crippen molar-refractivity contribution in [3.8, 4) is 11.1 Å². The summed E-state index contributed by atoms with van der Waals surface area (Å²) in [6, 6.07) is 13.2. The van der Waals surface area contributed by atoms with E-state index in [2.05, 4.69) is 0 Å². The molecule has 27 heavy (non-hydrogen) atoms. The van der Waals surface area contributed by atoms with E-state index in [0.29, 0.717) is 10.6 Å². The summed E-state index contributed by atoms with van der Waals surface area (Å²) in [6.07, 6.45) is 0. The highest BCUT2D eigenvalue weighted by atomic mass is 35.5. The van der Waals surface area contributed by atoms with Crippen molar-refractivity contribution in [1.29, 1.82) is 0 Å². The number of halogens is 1. The quantitative estimate of drug-likeness (QED) is 0.669. The molecular weight excluding hydrogens is 360 g/mol. The lowest BCUT2D eigenvalue weighted by Crippen LogP contribution is -2.48. The van der Waals surface area contributed by atoms with Crippen LogP contribution in [0.3, 0.4) is 0 Å². The second kappa shape index (κ2) is 6.35. The van der Waals surface area contributed by atoms with Crippen molar-refractivity contribution in [1.82, 2.24) is 0 Å². The minimum Gasteiger partial charge on any atom is -0.510 e. The first-order chi connectivity index (χ1) is 12.5. The summed E-state index contributed by atoms with van der Waals surface area (Å²) >= 11 is 5.97. The van der Waals surface area contributed by atoms with Crippen LogP contribution in [-0.2, 0) is 9.59 Å². The number of carbonyl (C=O) groups excluding carboxylic acids is 2. The summed E-state index contributed by atoms with van der Waals surface area (Å²) in [5, 5.41) is 11.5. The fourth-order valence-electron chi connectivity index (χ4n) is 3.69. The molecule has 140 valence electrons. The molecule has 0 fully saturated rings. The molecule has 0 unspecified atom stereocenters. The summed E-state index contributed by atoms with van der Waals surface area (Å²) < 4.78 is 0. The third-order valence-corrected chi connectivity index (χ3v) is 5.70. The van der Waals surface area contributed by atoms with Gasteiger partial charge in [0.1, 0.15) is 5.76 Å². The first-order valence-corrected chi connectivity index (χ1v) is 9.26. The molecule has 0 saturated carbocycles. The largest absolute Gasteiger partial charge is 0.510 e. The highest BCUT2D eigenvalue weighted by Gasteiger charge is 2.53. The van der Waals surface area contributed by atoms with Crippen molar-refractivity contribution >= 4 is 28.7 Å². The molecule has 4 heteroatoms. The molecule has 0 amide bonds. The van der Waals surface area contributed by atoms with Crippen molar-refractivity contribution in [2.45, 2.75) is 34.6 Å². The van der Waals surface area contributed by atoms with Gasteiger partial charge in [-0.2, -0.15) is 0 Å². The van der Waals surface area contributed by atoms with Crippen molar-refractivity contribution in [3.05, 3.63) is 64.4 Å². The number of ketones is 2. The molecule has 2 aromatic rings. The zero-order chi connectivity index (χ0) is 20.1. The second-order valence-corrected chi connectivity index (χ2v) is 8.60. The standard InChI is InChI=1S/C23H23ClO3/c1-13-6-7-15(14-8-10-16(24)11-9-14)12-17(13)18-19(25)22(2,3)21(27)23(4,5)20(18)26/h6-12,25H,1-5H3. The third-order valence-electron chi connectivity index (χ3n) is 5.44. The van der Waals surface area contributed by atoms with Gasteiger partial charge in [0.05, 0.1) is 16.4 Å². The van der Waals surface area contributed by atoms with Gasteiger partial charge in [0, 0.05) is 5.02 Å². The van der Waals surface area contributed by atoms with E-state index in [4.69, 9.17) is 11.6 Å². The van der Waals surface area contributed by atoms with Crippen LogP contribution >= 0.6 is 11.6 Å². The van der Waals surface area contributed by atoms with Crippen LogP contribution in [0.4, 0.5) is 0 Å². The summed E-state index contributed by atoms with van der Waals surface area (Å²) in [7, 11) is 0. The molecule has 0 aliphatic heterocycles. The Kier molecular flexibility index (Phi) is 4.55. The van der Waals surface area contributed by atoms with E-state index in [1.165, 1.54) is 0 Å². The van der Waals surface area contributed by atoms with Gasteiger partial charge in [-0.1, -0.05) is 35.9 Å². The molecule has 1 aliphatic rings. The summed E-state index contributed by atoms with van der Waals surface area (Å²) in [6.45, 7) is 8.48. The van der Waals surface area contributed by atoms with Crippen molar-refractivity contribution in [2.24, 2.45) is 10.8 Å². The van der Waals surface area contributed by atoms with Crippen LogP contribution < -0.4 is 0 Å². The summed E-state index contributed by atoms with van der Waals surface area (Å²) in [4.78, 5) is 25.9. The molecule has 0 aromatic heterocycles. The Hall–Kier alpha value is -2.39. The van der Waals surface area contributed by atoms with Gasteiger partial charge in [-0.05, 0) is 75.1 Å². The minimum absolute atomic E-state index is 0.159. The fraction of sp³-hybridized carbons (Fsp3) is 0.304. The zero-order valence-electron chi connectivity index (χ0n) is 16.2. The van der Waals surface area contributed by atoms with Gasteiger partial charge in [0.25, 0.3) is 0 Å².